The number of benzene rings is 1. The van der Waals surface area contributed by atoms with Crippen LogP contribution in [0.25, 0.3) is 5.69 Å². The van der Waals surface area contributed by atoms with E-state index in [2.05, 4.69) is 10.4 Å². The molecule has 0 bridgehead atoms. The molecule has 2 N–H and O–H groups in total. The van der Waals surface area contributed by atoms with Gasteiger partial charge in [0, 0.05) is 31.4 Å². The van der Waals surface area contributed by atoms with E-state index in [1.807, 2.05) is 0 Å². The fourth-order valence-electron chi connectivity index (χ4n) is 1.93. The van der Waals surface area contributed by atoms with Crippen molar-refractivity contribution in [3.8, 4) is 5.69 Å². The van der Waals surface area contributed by atoms with Crippen LogP contribution in [0, 0.1) is 0 Å². The molecule has 1 aromatic carbocycles. The molecule has 122 valence electrons. The first-order chi connectivity index (χ1) is 11.0. The number of carboxylic acids is 1. The van der Waals surface area contributed by atoms with E-state index in [1.54, 1.807) is 24.3 Å². The second-order valence-corrected chi connectivity index (χ2v) is 5.24. The quantitative estimate of drug-likeness (QED) is 0.802. The molecule has 0 aliphatic carbocycles. The predicted octanol–water partition coefficient (Wildman–Crippen LogP) is 1.75. The summed E-state index contributed by atoms with van der Waals surface area (Å²) in [5.74, 6) is -1.63. The molecule has 1 atom stereocenters. The van der Waals surface area contributed by atoms with Gasteiger partial charge in [0.1, 0.15) is 6.04 Å². The molecule has 23 heavy (non-hydrogen) atoms. The number of carbonyl (C=O) groups excluding carboxylic acids is 1. The van der Waals surface area contributed by atoms with E-state index in [4.69, 9.17) is 21.4 Å². The molecular weight excluding hydrogens is 322 g/mol. The summed E-state index contributed by atoms with van der Waals surface area (Å²) in [7, 11) is 1.47. The molecule has 1 aromatic heterocycles. The number of rotatable bonds is 7. The highest BCUT2D eigenvalue weighted by atomic mass is 35.5. The smallest absolute Gasteiger partial charge is 0.326 e. The van der Waals surface area contributed by atoms with Gasteiger partial charge in [-0.25, -0.2) is 9.48 Å². The molecule has 1 unspecified atom stereocenters. The van der Waals surface area contributed by atoms with Gasteiger partial charge in [0.05, 0.1) is 17.4 Å². The number of nitrogens with zero attached hydrogens (tertiary/aromatic N) is 2. The Morgan fingerprint density at radius 2 is 2.26 bits per heavy atom. The van der Waals surface area contributed by atoms with Crippen molar-refractivity contribution < 1.29 is 19.4 Å². The van der Waals surface area contributed by atoms with E-state index < -0.39 is 17.9 Å². The average molecular weight is 338 g/mol. The Kier molecular flexibility index (Phi) is 5.72. The molecule has 8 heteroatoms. The van der Waals surface area contributed by atoms with Crippen molar-refractivity contribution >= 4 is 23.5 Å². The molecule has 7 nitrogen and oxygen atoms in total. The Labute approximate surface area is 137 Å². The Balaban J connectivity index is 2.10. The van der Waals surface area contributed by atoms with Crippen molar-refractivity contribution in [2.75, 3.05) is 13.7 Å². The highest BCUT2D eigenvalue weighted by Gasteiger charge is 2.21. The third-order valence-electron chi connectivity index (χ3n) is 3.13. The van der Waals surface area contributed by atoms with Crippen LogP contribution in [0.3, 0.4) is 0 Å². The summed E-state index contributed by atoms with van der Waals surface area (Å²) in [6.45, 7) is 0.235. The van der Waals surface area contributed by atoms with E-state index in [1.165, 1.54) is 24.2 Å². The summed E-state index contributed by atoms with van der Waals surface area (Å²) < 4.78 is 6.33. The van der Waals surface area contributed by atoms with Crippen LogP contribution in [-0.2, 0) is 9.53 Å². The number of halogens is 1. The molecule has 2 rings (SSSR count). The van der Waals surface area contributed by atoms with Crippen LogP contribution < -0.4 is 5.32 Å². The highest BCUT2D eigenvalue weighted by molar-refractivity contribution is 6.30. The van der Waals surface area contributed by atoms with E-state index in [-0.39, 0.29) is 18.6 Å². The summed E-state index contributed by atoms with van der Waals surface area (Å²) in [5.41, 5.74) is 0.958. The summed E-state index contributed by atoms with van der Waals surface area (Å²) in [4.78, 5) is 23.3. The lowest BCUT2D eigenvalue weighted by atomic mass is 10.2. The SMILES string of the molecule is COCCC(NC(=O)c1cnn(-c2cccc(Cl)c2)c1)C(=O)O. The van der Waals surface area contributed by atoms with E-state index in [0.29, 0.717) is 10.7 Å². The number of hydrogen-bond acceptors (Lipinski definition) is 4. The Morgan fingerprint density at radius 3 is 2.91 bits per heavy atom. The Bertz CT molecular complexity index is 702. The van der Waals surface area contributed by atoms with Gasteiger partial charge in [0.2, 0.25) is 0 Å². The number of carboxylic acid groups (broad SMARTS) is 1. The summed E-state index contributed by atoms with van der Waals surface area (Å²) in [6, 6.07) is 5.98. The lowest BCUT2D eigenvalue weighted by Crippen LogP contribution is -2.41. The maximum absolute atomic E-state index is 12.1. The van der Waals surface area contributed by atoms with Gasteiger partial charge in [0.25, 0.3) is 5.91 Å². The summed E-state index contributed by atoms with van der Waals surface area (Å²) in [5, 5.41) is 16.2. The van der Waals surface area contributed by atoms with Gasteiger partial charge in [-0.2, -0.15) is 5.10 Å². The molecular formula is C15H16ClN3O4. The van der Waals surface area contributed by atoms with Crippen molar-refractivity contribution in [2.45, 2.75) is 12.5 Å². The molecule has 0 saturated carbocycles. The number of ether oxygens (including phenoxy) is 1. The van der Waals surface area contributed by atoms with Crippen LogP contribution in [0.2, 0.25) is 5.02 Å². The van der Waals surface area contributed by atoms with E-state index in [0.717, 1.165) is 0 Å². The van der Waals surface area contributed by atoms with Crippen molar-refractivity contribution in [1.29, 1.82) is 0 Å². The normalized spacial score (nSPS) is 11.9. The van der Waals surface area contributed by atoms with Crippen LogP contribution in [0.5, 0.6) is 0 Å². The third kappa shape index (κ3) is 4.54. The minimum Gasteiger partial charge on any atom is -0.480 e. The maximum Gasteiger partial charge on any atom is 0.326 e. The number of aromatic nitrogens is 2. The molecule has 0 radical (unpaired) electrons. The number of hydrogen-bond donors (Lipinski definition) is 2. The van der Waals surface area contributed by atoms with Crippen molar-refractivity contribution in [3.05, 3.63) is 47.2 Å². The first kappa shape index (κ1) is 17.0. The predicted molar refractivity (Wildman–Crippen MR) is 84.0 cm³/mol. The number of amides is 1. The third-order valence-corrected chi connectivity index (χ3v) is 3.37. The first-order valence-electron chi connectivity index (χ1n) is 6.84. The Morgan fingerprint density at radius 1 is 1.48 bits per heavy atom. The molecule has 0 aliphatic rings. The monoisotopic (exact) mass is 337 g/mol. The molecule has 0 saturated heterocycles. The van der Waals surface area contributed by atoms with Gasteiger partial charge in [-0.3, -0.25) is 4.79 Å². The van der Waals surface area contributed by atoms with Crippen LogP contribution in [0.15, 0.2) is 36.7 Å². The van der Waals surface area contributed by atoms with E-state index in [9.17, 15) is 9.59 Å². The van der Waals surface area contributed by atoms with Gasteiger partial charge < -0.3 is 15.2 Å². The van der Waals surface area contributed by atoms with Gasteiger partial charge in [-0.1, -0.05) is 17.7 Å². The lowest BCUT2D eigenvalue weighted by molar-refractivity contribution is -0.139. The second-order valence-electron chi connectivity index (χ2n) is 4.80. The van der Waals surface area contributed by atoms with E-state index >= 15 is 0 Å². The number of nitrogens with one attached hydrogen (secondary N) is 1. The highest BCUT2D eigenvalue weighted by Crippen LogP contribution is 2.14. The fraction of sp³-hybridized carbons (Fsp3) is 0.267. The average Bonchev–Trinajstić information content (AvgIpc) is 3.01. The van der Waals surface area contributed by atoms with Gasteiger partial charge in [0.15, 0.2) is 0 Å². The maximum atomic E-state index is 12.1. The summed E-state index contributed by atoms with van der Waals surface area (Å²) in [6.07, 6.45) is 3.06. The molecule has 1 heterocycles. The van der Waals surface area contributed by atoms with Gasteiger partial charge in [-0.05, 0) is 18.2 Å². The van der Waals surface area contributed by atoms with Crippen LogP contribution in [-0.4, -0.2) is 46.5 Å². The zero-order chi connectivity index (χ0) is 16.8. The molecule has 2 aromatic rings. The van der Waals surface area contributed by atoms with Crippen molar-refractivity contribution in [3.63, 3.8) is 0 Å². The molecule has 0 aliphatic heterocycles. The molecule has 1 amide bonds. The first-order valence-corrected chi connectivity index (χ1v) is 7.22. The van der Waals surface area contributed by atoms with Crippen LogP contribution in [0.4, 0.5) is 0 Å². The van der Waals surface area contributed by atoms with Crippen LogP contribution in [0.1, 0.15) is 16.8 Å². The second kappa shape index (κ2) is 7.75. The summed E-state index contributed by atoms with van der Waals surface area (Å²) >= 11 is 5.92. The van der Waals surface area contributed by atoms with Gasteiger partial charge in [-0.15, -0.1) is 0 Å². The Hall–Kier alpha value is -2.38. The minimum absolute atomic E-state index is 0.181. The molecule has 0 spiro atoms. The number of methoxy groups -OCH3 is 1. The zero-order valence-electron chi connectivity index (χ0n) is 12.4. The number of carbonyl (C=O) groups is 2. The minimum atomic E-state index is -1.11. The number of aliphatic carboxylic acids is 1. The standard InChI is InChI=1S/C15H16ClN3O4/c1-23-6-5-13(15(21)22)18-14(20)10-8-17-19(9-10)12-4-2-3-11(16)7-12/h2-4,7-9,13H,5-6H2,1H3,(H,18,20)(H,21,22). The van der Waals surface area contributed by atoms with Crippen molar-refractivity contribution in [1.82, 2.24) is 15.1 Å². The van der Waals surface area contributed by atoms with Crippen molar-refractivity contribution in [2.24, 2.45) is 0 Å². The molecule has 0 fully saturated rings. The zero-order valence-corrected chi connectivity index (χ0v) is 13.2. The largest absolute Gasteiger partial charge is 0.480 e. The topological polar surface area (TPSA) is 93.5 Å². The van der Waals surface area contributed by atoms with Crippen LogP contribution >= 0.6 is 11.6 Å². The lowest BCUT2D eigenvalue weighted by Gasteiger charge is -2.13. The fourth-order valence-corrected chi connectivity index (χ4v) is 2.12. The van der Waals surface area contributed by atoms with Gasteiger partial charge >= 0.3 is 5.97 Å².